The molecule has 0 amide bonds. The fraction of sp³-hybridized carbons (Fsp3) is 0.375. The average Bonchev–Trinajstić information content (AvgIpc) is 2.63. The van der Waals surface area contributed by atoms with Gasteiger partial charge in [-0.3, -0.25) is 0 Å². The average molecular weight is 208 g/mol. The van der Waals surface area contributed by atoms with Gasteiger partial charge in [0, 0.05) is 13.2 Å². The van der Waals surface area contributed by atoms with Crippen molar-refractivity contribution in [3.63, 3.8) is 0 Å². The molecule has 0 saturated carbocycles. The monoisotopic (exact) mass is 208 g/mol. The molecule has 0 aliphatic rings. The Kier molecular flexibility index (Phi) is 2.64. The predicted octanol–water partition coefficient (Wildman–Crippen LogP) is -0.271. The number of nitrogens with zero attached hydrogens (tertiary/aromatic N) is 3. The van der Waals surface area contributed by atoms with Gasteiger partial charge in [0.05, 0.1) is 0 Å². The van der Waals surface area contributed by atoms with E-state index in [1.165, 1.54) is 6.33 Å². The maximum absolute atomic E-state index is 8.62. The molecule has 0 aliphatic heterocycles. The summed E-state index contributed by atoms with van der Waals surface area (Å²) in [7, 11) is 0. The molecular weight excluding hydrogens is 196 g/mol. The minimum atomic E-state index is 0.148. The van der Waals surface area contributed by atoms with Crippen LogP contribution < -0.4 is 11.1 Å². The van der Waals surface area contributed by atoms with Crippen molar-refractivity contribution in [2.45, 2.75) is 6.42 Å². The highest BCUT2D eigenvalue weighted by molar-refractivity contribution is 5.82. The van der Waals surface area contributed by atoms with Crippen molar-refractivity contribution >= 4 is 22.9 Å². The molecule has 0 aromatic carbocycles. The van der Waals surface area contributed by atoms with E-state index in [4.69, 9.17) is 10.8 Å². The molecule has 0 fully saturated rings. The summed E-state index contributed by atoms with van der Waals surface area (Å²) in [6.45, 7) is 0.791. The number of aromatic amines is 1. The molecule has 7 heteroatoms. The van der Waals surface area contributed by atoms with E-state index in [0.717, 1.165) is 0 Å². The van der Waals surface area contributed by atoms with Crippen molar-refractivity contribution in [2.75, 3.05) is 24.2 Å². The van der Waals surface area contributed by atoms with Crippen LogP contribution >= 0.6 is 0 Å². The number of nitrogen functional groups attached to an aromatic ring is 1. The SMILES string of the molecule is Nc1ncnc2nc(NCCCO)[nH]c12. The van der Waals surface area contributed by atoms with Crippen LogP contribution in [0.1, 0.15) is 6.42 Å². The molecule has 0 bridgehead atoms. The normalized spacial score (nSPS) is 10.7. The number of fused-ring (bicyclic) bond motifs is 1. The number of aromatic nitrogens is 4. The second-order valence-corrected chi connectivity index (χ2v) is 3.05. The van der Waals surface area contributed by atoms with Gasteiger partial charge in [-0.1, -0.05) is 0 Å². The Labute approximate surface area is 85.8 Å². The zero-order valence-corrected chi connectivity index (χ0v) is 8.06. The number of imidazole rings is 1. The van der Waals surface area contributed by atoms with Gasteiger partial charge in [0.25, 0.3) is 0 Å². The first-order valence-corrected chi connectivity index (χ1v) is 4.62. The van der Waals surface area contributed by atoms with Gasteiger partial charge < -0.3 is 21.1 Å². The topological polar surface area (TPSA) is 113 Å². The summed E-state index contributed by atoms with van der Waals surface area (Å²) in [5.41, 5.74) is 6.80. The highest BCUT2D eigenvalue weighted by atomic mass is 16.3. The molecule has 2 heterocycles. The van der Waals surface area contributed by atoms with Crippen LogP contribution in [-0.2, 0) is 0 Å². The zero-order valence-electron chi connectivity index (χ0n) is 8.06. The molecule has 7 nitrogen and oxygen atoms in total. The van der Waals surface area contributed by atoms with Crippen molar-refractivity contribution < 1.29 is 5.11 Å². The van der Waals surface area contributed by atoms with Crippen LogP contribution in [0.15, 0.2) is 6.33 Å². The Bertz CT molecular complexity index is 453. The van der Waals surface area contributed by atoms with E-state index >= 15 is 0 Å². The number of anilines is 2. The Balaban J connectivity index is 2.20. The van der Waals surface area contributed by atoms with E-state index in [1.807, 2.05) is 0 Å². The molecule has 0 spiro atoms. The number of hydrogen-bond acceptors (Lipinski definition) is 6. The first-order valence-electron chi connectivity index (χ1n) is 4.62. The highest BCUT2D eigenvalue weighted by Crippen LogP contribution is 2.15. The number of nitrogens with one attached hydrogen (secondary N) is 2. The fourth-order valence-corrected chi connectivity index (χ4v) is 1.22. The fourth-order valence-electron chi connectivity index (χ4n) is 1.22. The zero-order chi connectivity index (χ0) is 10.7. The standard InChI is InChI=1S/C8H12N6O/c9-6-5-7(12-4-11-6)14-8(13-5)10-2-1-3-15/h4,15H,1-3H2,(H4,9,10,11,12,13,14). The van der Waals surface area contributed by atoms with Gasteiger partial charge in [-0.05, 0) is 6.42 Å². The molecule has 0 aliphatic carbocycles. The van der Waals surface area contributed by atoms with Crippen molar-refractivity contribution in [3.05, 3.63) is 6.33 Å². The second kappa shape index (κ2) is 4.09. The van der Waals surface area contributed by atoms with Crippen LogP contribution in [0.4, 0.5) is 11.8 Å². The van der Waals surface area contributed by atoms with Crippen molar-refractivity contribution in [1.82, 2.24) is 19.9 Å². The Morgan fingerprint density at radius 3 is 3.07 bits per heavy atom. The number of aliphatic hydroxyl groups is 1. The van der Waals surface area contributed by atoms with Crippen LogP contribution in [0.5, 0.6) is 0 Å². The highest BCUT2D eigenvalue weighted by Gasteiger charge is 2.06. The lowest BCUT2D eigenvalue weighted by Crippen LogP contribution is -2.04. The quantitative estimate of drug-likeness (QED) is 0.514. The molecular formula is C8H12N6O. The third-order valence-corrected chi connectivity index (χ3v) is 1.95. The van der Waals surface area contributed by atoms with Crippen molar-refractivity contribution in [1.29, 1.82) is 0 Å². The molecule has 5 N–H and O–H groups in total. The number of H-pyrrole nitrogens is 1. The van der Waals surface area contributed by atoms with Gasteiger partial charge >= 0.3 is 0 Å². The summed E-state index contributed by atoms with van der Waals surface area (Å²) in [6.07, 6.45) is 2.04. The summed E-state index contributed by atoms with van der Waals surface area (Å²) in [6, 6.07) is 0. The summed E-state index contributed by atoms with van der Waals surface area (Å²) in [5, 5.41) is 11.6. The van der Waals surface area contributed by atoms with E-state index < -0.39 is 0 Å². The van der Waals surface area contributed by atoms with Gasteiger partial charge in [0.15, 0.2) is 11.5 Å². The molecule has 0 radical (unpaired) electrons. The van der Waals surface area contributed by atoms with Gasteiger partial charge in [-0.2, -0.15) is 4.98 Å². The van der Waals surface area contributed by atoms with Crippen LogP contribution in [0.2, 0.25) is 0 Å². The minimum Gasteiger partial charge on any atom is -0.396 e. The lowest BCUT2D eigenvalue weighted by atomic mass is 10.4. The first-order chi connectivity index (χ1) is 7.31. The van der Waals surface area contributed by atoms with E-state index in [1.54, 1.807) is 0 Å². The van der Waals surface area contributed by atoms with Gasteiger partial charge in [-0.25, -0.2) is 9.97 Å². The van der Waals surface area contributed by atoms with Gasteiger partial charge in [0.2, 0.25) is 5.95 Å². The van der Waals surface area contributed by atoms with Crippen molar-refractivity contribution in [2.24, 2.45) is 0 Å². The molecule has 0 atom stereocenters. The van der Waals surface area contributed by atoms with E-state index in [0.29, 0.717) is 35.9 Å². The number of nitrogens with two attached hydrogens (primary N) is 1. The van der Waals surface area contributed by atoms with Crippen LogP contribution in [0, 0.1) is 0 Å². The lowest BCUT2D eigenvalue weighted by Gasteiger charge is -1.98. The summed E-state index contributed by atoms with van der Waals surface area (Å²) >= 11 is 0. The van der Waals surface area contributed by atoms with Crippen LogP contribution in [-0.4, -0.2) is 38.2 Å². The van der Waals surface area contributed by atoms with Gasteiger partial charge in [0.1, 0.15) is 11.8 Å². The smallest absolute Gasteiger partial charge is 0.202 e. The number of aliphatic hydroxyl groups excluding tert-OH is 1. The molecule has 2 aromatic heterocycles. The third-order valence-electron chi connectivity index (χ3n) is 1.95. The molecule has 0 saturated heterocycles. The predicted molar refractivity (Wildman–Crippen MR) is 56.3 cm³/mol. The van der Waals surface area contributed by atoms with Crippen molar-refractivity contribution in [3.8, 4) is 0 Å². The third kappa shape index (κ3) is 1.96. The Hall–Kier alpha value is -1.89. The summed E-state index contributed by atoms with van der Waals surface area (Å²) < 4.78 is 0. The number of hydrogen-bond donors (Lipinski definition) is 4. The van der Waals surface area contributed by atoms with E-state index in [2.05, 4.69) is 25.3 Å². The minimum absolute atomic E-state index is 0.148. The molecule has 2 rings (SSSR count). The summed E-state index contributed by atoms with van der Waals surface area (Å²) in [5.74, 6) is 0.966. The molecule has 15 heavy (non-hydrogen) atoms. The largest absolute Gasteiger partial charge is 0.396 e. The molecule has 2 aromatic rings. The second-order valence-electron chi connectivity index (χ2n) is 3.05. The molecule has 80 valence electrons. The number of rotatable bonds is 4. The Morgan fingerprint density at radius 2 is 2.33 bits per heavy atom. The van der Waals surface area contributed by atoms with E-state index in [-0.39, 0.29) is 6.61 Å². The van der Waals surface area contributed by atoms with E-state index in [9.17, 15) is 0 Å². The lowest BCUT2D eigenvalue weighted by molar-refractivity contribution is 0.292. The maximum Gasteiger partial charge on any atom is 0.202 e. The van der Waals surface area contributed by atoms with Crippen LogP contribution in [0.3, 0.4) is 0 Å². The Morgan fingerprint density at radius 1 is 1.47 bits per heavy atom. The first kappa shape index (κ1) is 9.66. The summed E-state index contributed by atoms with van der Waals surface area (Å²) in [4.78, 5) is 14.9. The molecule has 0 unspecified atom stereocenters. The van der Waals surface area contributed by atoms with Crippen LogP contribution in [0.25, 0.3) is 11.2 Å². The van der Waals surface area contributed by atoms with Gasteiger partial charge in [-0.15, -0.1) is 0 Å². The maximum atomic E-state index is 8.62.